The molecule has 0 aromatic heterocycles. The SMILES string of the molecule is COc1cc(Cl)c(S(=O)(=O)N2CCN(C)CC2)cc1Cl. The fourth-order valence-corrected chi connectivity index (χ4v) is 4.28. The first-order valence-electron chi connectivity index (χ1n) is 6.08. The molecule has 0 bridgehead atoms. The van der Waals surface area contributed by atoms with Crippen LogP contribution < -0.4 is 4.74 Å². The molecule has 20 heavy (non-hydrogen) atoms. The van der Waals surface area contributed by atoms with Crippen LogP contribution in [0.4, 0.5) is 0 Å². The Labute approximate surface area is 129 Å². The van der Waals surface area contributed by atoms with E-state index < -0.39 is 10.0 Å². The van der Waals surface area contributed by atoms with E-state index in [1.807, 2.05) is 7.05 Å². The third-order valence-electron chi connectivity index (χ3n) is 3.29. The number of likely N-dealkylation sites (N-methyl/N-ethyl adjacent to an activating group) is 1. The number of halogens is 2. The summed E-state index contributed by atoms with van der Waals surface area (Å²) in [4.78, 5) is 2.10. The van der Waals surface area contributed by atoms with E-state index in [4.69, 9.17) is 27.9 Å². The van der Waals surface area contributed by atoms with E-state index in [0.29, 0.717) is 31.9 Å². The van der Waals surface area contributed by atoms with Gasteiger partial charge in [-0.1, -0.05) is 23.2 Å². The topological polar surface area (TPSA) is 49.9 Å². The lowest BCUT2D eigenvalue weighted by atomic mass is 10.3. The Kier molecular flexibility index (Phi) is 4.81. The quantitative estimate of drug-likeness (QED) is 0.845. The molecular weight excluding hydrogens is 323 g/mol. The molecule has 1 aliphatic heterocycles. The molecule has 8 heteroatoms. The van der Waals surface area contributed by atoms with Crippen LogP contribution in [0.3, 0.4) is 0 Å². The van der Waals surface area contributed by atoms with Crippen molar-refractivity contribution in [3.63, 3.8) is 0 Å². The van der Waals surface area contributed by atoms with Gasteiger partial charge in [0, 0.05) is 32.2 Å². The number of methoxy groups -OCH3 is 1. The van der Waals surface area contributed by atoms with E-state index in [2.05, 4.69) is 4.90 Å². The van der Waals surface area contributed by atoms with Crippen molar-refractivity contribution < 1.29 is 13.2 Å². The normalized spacial score (nSPS) is 18.2. The zero-order valence-corrected chi connectivity index (χ0v) is 13.6. The third-order valence-corrected chi connectivity index (χ3v) is 5.95. The molecule has 0 N–H and O–H groups in total. The lowest BCUT2D eigenvalue weighted by Crippen LogP contribution is -2.47. The van der Waals surface area contributed by atoms with Crippen LogP contribution >= 0.6 is 23.2 Å². The first-order valence-corrected chi connectivity index (χ1v) is 8.27. The summed E-state index contributed by atoms with van der Waals surface area (Å²) in [6, 6.07) is 2.77. The molecular formula is C12H16Cl2N2O3S. The molecule has 0 amide bonds. The molecule has 1 heterocycles. The highest BCUT2D eigenvalue weighted by Gasteiger charge is 2.30. The first-order chi connectivity index (χ1) is 9.36. The molecule has 0 atom stereocenters. The Morgan fingerprint density at radius 2 is 1.70 bits per heavy atom. The highest BCUT2D eigenvalue weighted by atomic mass is 35.5. The van der Waals surface area contributed by atoms with Crippen molar-refractivity contribution in [3.8, 4) is 5.75 Å². The van der Waals surface area contributed by atoms with Crippen LogP contribution in [0.5, 0.6) is 5.75 Å². The summed E-state index contributed by atoms with van der Waals surface area (Å²) >= 11 is 12.1. The Bertz CT molecular complexity index is 599. The Morgan fingerprint density at radius 3 is 2.25 bits per heavy atom. The van der Waals surface area contributed by atoms with Gasteiger partial charge in [-0.15, -0.1) is 0 Å². The summed E-state index contributed by atoms with van der Waals surface area (Å²) in [5, 5.41) is 0.342. The number of nitrogens with zero attached hydrogens (tertiary/aromatic N) is 2. The first kappa shape index (κ1) is 15.9. The van der Waals surface area contributed by atoms with Crippen molar-refractivity contribution in [2.24, 2.45) is 0 Å². The van der Waals surface area contributed by atoms with Crippen LogP contribution in [0.1, 0.15) is 0 Å². The fraction of sp³-hybridized carbons (Fsp3) is 0.500. The predicted octanol–water partition coefficient (Wildman–Crippen LogP) is 1.94. The van der Waals surface area contributed by atoms with Gasteiger partial charge in [0.25, 0.3) is 0 Å². The van der Waals surface area contributed by atoms with Crippen LogP contribution in [0.2, 0.25) is 10.0 Å². The van der Waals surface area contributed by atoms with Crippen LogP contribution in [0.25, 0.3) is 0 Å². The molecule has 5 nitrogen and oxygen atoms in total. The minimum absolute atomic E-state index is 0.0227. The van der Waals surface area contributed by atoms with Gasteiger partial charge in [0.2, 0.25) is 10.0 Å². The summed E-state index contributed by atoms with van der Waals surface area (Å²) in [7, 11) is -0.219. The summed E-state index contributed by atoms with van der Waals surface area (Å²) in [6.07, 6.45) is 0. The van der Waals surface area contributed by atoms with Crippen LogP contribution in [-0.4, -0.2) is 58.0 Å². The number of rotatable bonds is 3. The average molecular weight is 339 g/mol. The van der Waals surface area contributed by atoms with Crippen LogP contribution in [0.15, 0.2) is 17.0 Å². The van der Waals surface area contributed by atoms with Crippen molar-refractivity contribution >= 4 is 33.2 Å². The van der Waals surface area contributed by atoms with Gasteiger partial charge in [0.15, 0.2) is 0 Å². The minimum atomic E-state index is -3.63. The van der Waals surface area contributed by atoms with Gasteiger partial charge < -0.3 is 9.64 Å². The molecule has 1 fully saturated rings. The number of benzene rings is 1. The van der Waals surface area contributed by atoms with Gasteiger partial charge in [-0.05, 0) is 13.1 Å². The van der Waals surface area contributed by atoms with E-state index in [-0.39, 0.29) is 14.9 Å². The van der Waals surface area contributed by atoms with E-state index in [9.17, 15) is 8.42 Å². The van der Waals surface area contributed by atoms with Gasteiger partial charge >= 0.3 is 0 Å². The molecule has 0 saturated carbocycles. The molecule has 1 saturated heterocycles. The second-order valence-electron chi connectivity index (χ2n) is 4.62. The van der Waals surface area contributed by atoms with Crippen molar-refractivity contribution in [2.45, 2.75) is 4.90 Å². The van der Waals surface area contributed by atoms with E-state index in [1.165, 1.54) is 23.5 Å². The molecule has 0 aliphatic carbocycles. The van der Waals surface area contributed by atoms with Crippen LogP contribution in [0, 0.1) is 0 Å². The van der Waals surface area contributed by atoms with E-state index >= 15 is 0 Å². The maximum absolute atomic E-state index is 12.6. The molecule has 1 aliphatic rings. The van der Waals surface area contributed by atoms with Crippen molar-refractivity contribution in [2.75, 3.05) is 40.3 Å². The van der Waals surface area contributed by atoms with Crippen molar-refractivity contribution in [1.82, 2.24) is 9.21 Å². The molecule has 1 aromatic rings. The zero-order chi connectivity index (χ0) is 14.9. The van der Waals surface area contributed by atoms with Crippen molar-refractivity contribution in [1.29, 1.82) is 0 Å². The molecule has 0 radical (unpaired) electrons. The van der Waals surface area contributed by atoms with Crippen LogP contribution in [-0.2, 0) is 10.0 Å². The average Bonchev–Trinajstić information content (AvgIpc) is 2.41. The molecule has 2 rings (SSSR count). The molecule has 112 valence electrons. The minimum Gasteiger partial charge on any atom is -0.495 e. The smallest absolute Gasteiger partial charge is 0.244 e. The predicted molar refractivity (Wildman–Crippen MR) is 79.3 cm³/mol. The third kappa shape index (κ3) is 3.04. The second-order valence-corrected chi connectivity index (χ2v) is 7.35. The van der Waals surface area contributed by atoms with Gasteiger partial charge in [-0.25, -0.2) is 8.42 Å². The maximum atomic E-state index is 12.6. The van der Waals surface area contributed by atoms with Gasteiger partial charge in [0.1, 0.15) is 10.6 Å². The number of piperazine rings is 1. The highest BCUT2D eigenvalue weighted by molar-refractivity contribution is 7.89. The number of ether oxygens (including phenoxy) is 1. The van der Waals surface area contributed by atoms with Gasteiger partial charge in [0.05, 0.1) is 17.2 Å². The summed E-state index contributed by atoms with van der Waals surface area (Å²) in [5.41, 5.74) is 0. The second kappa shape index (κ2) is 6.07. The Hall–Kier alpha value is -0.530. The lowest BCUT2D eigenvalue weighted by Gasteiger charge is -2.31. The standard InChI is InChI=1S/C12H16Cl2N2O3S/c1-15-3-5-16(6-4-15)20(17,18)12-8-9(13)11(19-2)7-10(12)14/h7-8H,3-6H2,1-2H3. The van der Waals surface area contributed by atoms with E-state index in [0.717, 1.165) is 0 Å². The van der Waals surface area contributed by atoms with Gasteiger partial charge in [-0.2, -0.15) is 4.31 Å². The number of sulfonamides is 1. The number of hydrogen-bond donors (Lipinski definition) is 0. The summed E-state index contributed by atoms with van der Waals surface area (Å²) in [5.74, 6) is 0.356. The van der Waals surface area contributed by atoms with Crippen molar-refractivity contribution in [3.05, 3.63) is 22.2 Å². The molecule has 0 spiro atoms. The summed E-state index contributed by atoms with van der Waals surface area (Å²) < 4.78 is 31.6. The summed E-state index contributed by atoms with van der Waals surface area (Å²) in [6.45, 7) is 2.28. The monoisotopic (exact) mass is 338 g/mol. The zero-order valence-electron chi connectivity index (χ0n) is 11.3. The molecule has 0 unspecified atom stereocenters. The largest absolute Gasteiger partial charge is 0.495 e. The Balaban J connectivity index is 2.37. The molecule has 1 aromatic carbocycles. The lowest BCUT2D eigenvalue weighted by molar-refractivity contribution is 0.222. The van der Waals surface area contributed by atoms with Gasteiger partial charge in [-0.3, -0.25) is 0 Å². The van der Waals surface area contributed by atoms with E-state index in [1.54, 1.807) is 0 Å². The Morgan fingerprint density at radius 1 is 1.10 bits per heavy atom. The highest BCUT2D eigenvalue weighted by Crippen LogP contribution is 2.34. The number of hydrogen-bond acceptors (Lipinski definition) is 4. The maximum Gasteiger partial charge on any atom is 0.244 e. The fourth-order valence-electron chi connectivity index (χ4n) is 2.03.